The molecule has 0 radical (unpaired) electrons. The summed E-state index contributed by atoms with van der Waals surface area (Å²) in [5.74, 6) is 0.159. The highest BCUT2D eigenvalue weighted by Gasteiger charge is 2.36. The molecule has 0 aliphatic rings. The first-order valence-electron chi connectivity index (χ1n) is 6.76. The number of hydrogen-bond donors (Lipinski definition) is 1. The van der Waals surface area contributed by atoms with Gasteiger partial charge in [0.25, 0.3) is 0 Å². The highest BCUT2D eigenvalue weighted by molar-refractivity contribution is 7.16. The minimum absolute atomic E-state index is 0. The zero-order chi connectivity index (χ0) is 14.5. The predicted molar refractivity (Wildman–Crippen MR) is 89.7 cm³/mol. The number of nitrogens with zero attached hydrogens (tertiary/aromatic N) is 1. The van der Waals surface area contributed by atoms with Crippen LogP contribution >= 0.6 is 35.3 Å². The van der Waals surface area contributed by atoms with E-state index in [4.69, 9.17) is 17.3 Å². The Morgan fingerprint density at radius 1 is 1.35 bits per heavy atom. The molecule has 6 heteroatoms. The second-order valence-electron chi connectivity index (χ2n) is 4.72. The molecule has 0 spiro atoms. The van der Waals surface area contributed by atoms with Crippen LogP contribution in [0.15, 0.2) is 12.1 Å². The van der Waals surface area contributed by atoms with E-state index in [-0.39, 0.29) is 18.3 Å². The summed E-state index contributed by atoms with van der Waals surface area (Å²) in [7, 11) is 0. The van der Waals surface area contributed by atoms with Gasteiger partial charge in [-0.3, -0.25) is 4.79 Å². The van der Waals surface area contributed by atoms with Crippen LogP contribution in [0.4, 0.5) is 0 Å². The molecular formula is C14H24Cl2N2OS. The zero-order valence-electron chi connectivity index (χ0n) is 12.3. The minimum atomic E-state index is -0.420. The first-order chi connectivity index (χ1) is 9.02. The molecule has 1 heterocycles. The van der Waals surface area contributed by atoms with E-state index >= 15 is 0 Å². The molecular weight excluding hydrogens is 315 g/mol. The van der Waals surface area contributed by atoms with Gasteiger partial charge in [0.1, 0.15) is 0 Å². The predicted octanol–water partition coefficient (Wildman–Crippen LogP) is 3.94. The average molecular weight is 339 g/mol. The fourth-order valence-corrected chi connectivity index (χ4v) is 3.32. The van der Waals surface area contributed by atoms with Gasteiger partial charge in [-0.15, -0.1) is 23.7 Å². The smallest absolute Gasteiger partial charge is 0.230 e. The maximum atomic E-state index is 12.7. The van der Waals surface area contributed by atoms with E-state index in [1.54, 1.807) is 0 Å². The highest BCUT2D eigenvalue weighted by Crippen LogP contribution is 2.29. The molecule has 1 aromatic rings. The Hall–Kier alpha value is -0.290. The van der Waals surface area contributed by atoms with Crippen LogP contribution in [0, 0.1) is 5.41 Å². The lowest BCUT2D eigenvalue weighted by molar-refractivity contribution is -0.142. The molecule has 0 saturated heterocycles. The van der Waals surface area contributed by atoms with Crippen molar-refractivity contribution in [1.29, 1.82) is 0 Å². The van der Waals surface area contributed by atoms with Crippen molar-refractivity contribution < 1.29 is 4.79 Å². The fourth-order valence-electron chi connectivity index (χ4n) is 2.22. The summed E-state index contributed by atoms with van der Waals surface area (Å²) in [6.07, 6.45) is 1.56. The first kappa shape index (κ1) is 19.7. The van der Waals surface area contributed by atoms with Gasteiger partial charge in [-0.1, -0.05) is 25.4 Å². The fraction of sp³-hybridized carbons (Fsp3) is 0.643. The SMILES string of the molecule is CCN(Cc1ccc(Cl)s1)C(=O)C(CC)(CC)CN.Cl. The van der Waals surface area contributed by atoms with Crippen LogP contribution < -0.4 is 5.73 Å². The van der Waals surface area contributed by atoms with Crippen LogP contribution in [0.1, 0.15) is 38.5 Å². The second-order valence-corrected chi connectivity index (χ2v) is 6.52. The summed E-state index contributed by atoms with van der Waals surface area (Å²) in [6.45, 7) is 7.78. The lowest BCUT2D eigenvalue weighted by Gasteiger charge is -2.34. The van der Waals surface area contributed by atoms with Crippen LogP contribution in [-0.2, 0) is 11.3 Å². The van der Waals surface area contributed by atoms with Gasteiger partial charge >= 0.3 is 0 Å². The van der Waals surface area contributed by atoms with Gasteiger partial charge in [0.2, 0.25) is 5.91 Å². The summed E-state index contributed by atoms with van der Waals surface area (Å²) < 4.78 is 0.759. The summed E-state index contributed by atoms with van der Waals surface area (Å²) in [4.78, 5) is 15.7. The van der Waals surface area contributed by atoms with Crippen molar-refractivity contribution in [2.24, 2.45) is 11.1 Å². The number of hydrogen-bond acceptors (Lipinski definition) is 3. The van der Waals surface area contributed by atoms with Crippen molar-refractivity contribution in [3.05, 3.63) is 21.3 Å². The van der Waals surface area contributed by atoms with E-state index in [1.165, 1.54) is 11.3 Å². The third-order valence-electron chi connectivity index (χ3n) is 3.84. The first-order valence-corrected chi connectivity index (χ1v) is 7.96. The molecule has 1 aromatic heterocycles. The largest absolute Gasteiger partial charge is 0.337 e. The van der Waals surface area contributed by atoms with Gasteiger partial charge in [-0.2, -0.15) is 0 Å². The quantitative estimate of drug-likeness (QED) is 0.818. The standard InChI is InChI=1S/C14H23ClN2OS.ClH/c1-4-14(5-2,10-16)13(18)17(6-3)9-11-7-8-12(15)19-11;/h7-8H,4-6,9-10,16H2,1-3H3;1H. The number of amides is 1. The van der Waals surface area contributed by atoms with E-state index in [0.29, 0.717) is 19.6 Å². The molecule has 20 heavy (non-hydrogen) atoms. The molecule has 1 rings (SSSR count). The Labute approximate surface area is 136 Å². The Morgan fingerprint density at radius 2 is 1.95 bits per heavy atom. The number of halogens is 2. The van der Waals surface area contributed by atoms with E-state index in [0.717, 1.165) is 22.1 Å². The molecule has 0 atom stereocenters. The Balaban J connectivity index is 0.00000361. The molecule has 3 nitrogen and oxygen atoms in total. The molecule has 0 bridgehead atoms. The monoisotopic (exact) mass is 338 g/mol. The normalized spacial score (nSPS) is 11.1. The van der Waals surface area contributed by atoms with Gasteiger partial charge in [0.15, 0.2) is 0 Å². The van der Waals surface area contributed by atoms with Crippen LogP contribution in [-0.4, -0.2) is 23.9 Å². The number of thiophene rings is 1. The average Bonchev–Trinajstić information content (AvgIpc) is 2.84. The lowest BCUT2D eigenvalue weighted by Crippen LogP contribution is -2.47. The van der Waals surface area contributed by atoms with E-state index in [9.17, 15) is 4.79 Å². The van der Waals surface area contributed by atoms with Gasteiger partial charge in [-0.05, 0) is 31.9 Å². The topological polar surface area (TPSA) is 46.3 Å². The summed E-state index contributed by atoms with van der Waals surface area (Å²) in [6, 6.07) is 3.85. The number of carbonyl (C=O) groups excluding carboxylic acids is 1. The van der Waals surface area contributed by atoms with Gasteiger partial charge in [-0.25, -0.2) is 0 Å². The molecule has 0 aromatic carbocycles. The number of nitrogens with two attached hydrogens (primary N) is 1. The maximum absolute atomic E-state index is 12.7. The number of rotatable bonds is 7. The van der Waals surface area contributed by atoms with E-state index in [2.05, 4.69) is 0 Å². The van der Waals surface area contributed by atoms with Gasteiger partial charge in [0.05, 0.1) is 16.3 Å². The molecule has 0 aliphatic heterocycles. The number of carbonyl (C=O) groups is 1. The Bertz CT molecular complexity index is 411. The zero-order valence-corrected chi connectivity index (χ0v) is 14.7. The molecule has 1 amide bonds. The van der Waals surface area contributed by atoms with Gasteiger partial charge in [0, 0.05) is 18.0 Å². The van der Waals surface area contributed by atoms with Crippen molar-refractivity contribution in [2.45, 2.75) is 40.2 Å². The summed E-state index contributed by atoms with van der Waals surface area (Å²) in [5, 5.41) is 0. The van der Waals surface area contributed by atoms with E-state index in [1.807, 2.05) is 37.8 Å². The van der Waals surface area contributed by atoms with Crippen LogP contribution in [0.25, 0.3) is 0 Å². The second kappa shape index (κ2) is 8.88. The van der Waals surface area contributed by atoms with E-state index < -0.39 is 5.41 Å². The van der Waals surface area contributed by atoms with Crippen LogP contribution in [0.5, 0.6) is 0 Å². The Kier molecular flexibility index (Phi) is 8.75. The van der Waals surface area contributed by atoms with Gasteiger partial charge < -0.3 is 10.6 Å². The van der Waals surface area contributed by atoms with Crippen molar-refractivity contribution in [1.82, 2.24) is 4.90 Å². The molecule has 0 saturated carbocycles. The lowest BCUT2D eigenvalue weighted by atomic mass is 9.81. The maximum Gasteiger partial charge on any atom is 0.230 e. The van der Waals surface area contributed by atoms with Crippen LogP contribution in [0.3, 0.4) is 0 Å². The third-order valence-corrected chi connectivity index (χ3v) is 5.06. The Morgan fingerprint density at radius 3 is 2.30 bits per heavy atom. The van der Waals surface area contributed by atoms with Crippen molar-refractivity contribution >= 4 is 41.3 Å². The van der Waals surface area contributed by atoms with Crippen molar-refractivity contribution in [3.8, 4) is 0 Å². The third kappa shape index (κ3) is 4.35. The summed E-state index contributed by atoms with van der Waals surface area (Å²) >= 11 is 7.46. The molecule has 116 valence electrons. The molecule has 0 unspecified atom stereocenters. The minimum Gasteiger partial charge on any atom is -0.337 e. The molecule has 0 aliphatic carbocycles. The molecule has 0 fully saturated rings. The summed E-state index contributed by atoms with van der Waals surface area (Å²) in [5.41, 5.74) is 5.43. The van der Waals surface area contributed by atoms with Crippen molar-refractivity contribution in [3.63, 3.8) is 0 Å². The highest BCUT2D eigenvalue weighted by atomic mass is 35.5. The molecule has 2 N–H and O–H groups in total. The van der Waals surface area contributed by atoms with Crippen LogP contribution in [0.2, 0.25) is 4.34 Å². The van der Waals surface area contributed by atoms with Crippen molar-refractivity contribution in [2.75, 3.05) is 13.1 Å².